The molecule has 1 aliphatic carbocycles. The Morgan fingerprint density at radius 1 is 1.20 bits per heavy atom. The van der Waals surface area contributed by atoms with Crippen LogP contribution in [0, 0.1) is 5.92 Å². The quantitative estimate of drug-likeness (QED) is 0.693. The summed E-state index contributed by atoms with van der Waals surface area (Å²) in [5.74, 6) is -4.40. The number of methoxy groups -OCH3 is 2. The third kappa shape index (κ3) is 1.87. The van der Waals surface area contributed by atoms with Gasteiger partial charge in [-0.15, -0.1) is 0 Å². The highest BCUT2D eigenvalue weighted by Gasteiger charge is 2.58. The van der Waals surface area contributed by atoms with E-state index in [4.69, 9.17) is 15.2 Å². The predicted molar refractivity (Wildman–Crippen MR) is 49.7 cm³/mol. The van der Waals surface area contributed by atoms with Crippen LogP contribution in [0.25, 0.3) is 0 Å². The second kappa shape index (κ2) is 4.29. The Balaban J connectivity index is 2.98. The lowest BCUT2D eigenvalue weighted by molar-refractivity contribution is -0.229. The van der Waals surface area contributed by atoms with E-state index in [-0.39, 0.29) is 0 Å². The molecule has 3 N–H and O–H groups in total. The molecule has 0 heterocycles. The van der Waals surface area contributed by atoms with Gasteiger partial charge >= 0.3 is 0 Å². The van der Waals surface area contributed by atoms with Crippen LogP contribution in [0.5, 0.6) is 0 Å². The van der Waals surface area contributed by atoms with Crippen LogP contribution in [-0.2, 0) is 9.47 Å². The average Bonchev–Trinajstić information content (AvgIpc) is 2.21. The Morgan fingerprint density at radius 2 is 1.67 bits per heavy atom. The number of hydrogen-bond donors (Lipinski definition) is 2. The molecule has 5 atom stereocenters. The van der Waals surface area contributed by atoms with Crippen LogP contribution in [-0.4, -0.2) is 49.6 Å². The SMILES string of the molecule is CO[C@H]1[C@H](OC)C(O)[C@H](C)C(F)(F)[C@@H]1N. The number of aliphatic hydroxyl groups excluding tert-OH is 1. The van der Waals surface area contributed by atoms with E-state index in [1.807, 2.05) is 0 Å². The van der Waals surface area contributed by atoms with Gasteiger partial charge in [0, 0.05) is 14.2 Å². The van der Waals surface area contributed by atoms with Gasteiger partial charge < -0.3 is 20.3 Å². The summed E-state index contributed by atoms with van der Waals surface area (Å²) in [4.78, 5) is 0. The fourth-order valence-corrected chi connectivity index (χ4v) is 1.99. The molecule has 0 spiro atoms. The zero-order valence-electron chi connectivity index (χ0n) is 8.98. The van der Waals surface area contributed by atoms with Crippen molar-refractivity contribution < 1.29 is 23.4 Å². The topological polar surface area (TPSA) is 64.7 Å². The smallest absolute Gasteiger partial charge is 0.270 e. The van der Waals surface area contributed by atoms with Crippen molar-refractivity contribution in [1.82, 2.24) is 0 Å². The van der Waals surface area contributed by atoms with E-state index in [0.717, 1.165) is 0 Å². The van der Waals surface area contributed by atoms with Crippen molar-refractivity contribution in [3.8, 4) is 0 Å². The van der Waals surface area contributed by atoms with Crippen molar-refractivity contribution in [2.45, 2.75) is 37.2 Å². The van der Waals surface area contributed by atoms with Crippen LogP contribution in [0.4, 0.5) is 8.78 Å². The minimum Gasteiger partial charge on any atom is -0.390 e. The number of aliphatic hydroxyl groups is 1. The maximum atomic E-state index is 13.6. The van der Waals surface area contributed by atoms with Gasteiger partial charge in [-0.25, -0.2) is 8.78 Å². The molecule has 0 radical (unpaired) electrons. The van der Waals surface area contributed by atoms with Crippen LogP contribution in [0.15, 0.2) is 0 Å². The summed E-state index contributed by atoms with van der Waals surface area (Å²) in [5.41, 5.74) is 5.42. The third-order valence-corrected chi connectivity index (χ3v) is 3.12. The van der Waals surface area contributed by atoms with E-state index in [1.165, 1.54) is 21.1 Å². The summed E-state index contributed by atoms with van der Waals surface area (Å²) in [6, 6.07) is -1.47. The van der Waals surface area contributed by atoms with E-state index in [9.17, 15) is 13.9 Å². The molecule has 15 heavy (non-hydrogen) atoms. The standard InChI is InChI=1S/C9H17F2NO3/c1-4-5(13)6(14-2)7(15-3)8(12)9(4,10)11/h4-8,13H,12H2,1-3H3/t4-,5?,6+,7-,8+/m0/s1. The first-order chi connectivity index (χ1) is 6.87. The highest BCUT2D eigenvalue weighted by Crippen LogP contribution is 2.39. The van der Waals surface area contributed by atoms with Gasteiger partial charge in [0.05, 0.1) is 18.1 Å². The summed E-state index contributed by atoms with van der Waals surface area (Å²) in [5, 5.41) is 9.65. The summed E-state index contributed by atoms with van der Waals surface area (Å²) >= 11 is 0. The van der Waals surface area contributed by atoms with Crippen LogP contribution < -0.4 is 5.73 Å². The first kappa shape index (κ1) is 12.8. The molecule has 6 heteroatoms. The minimum absolute atomic E-state index is 0.820. The minimum atomic E-state index is -3.16. The van der Waals surface area contributed by atoms with Gasteiger partial charge in [0.1, 0.15) is 12.2 Å². The maximum absolute atomic E-state index is 13.6. The van der Waals surface area contributed by atoms with Crippen molar-refractivity contribution >= 4 is 0 Å². The lowest BCUT2D eigenvalue weighted by Gasteiger charge is -2.45. The summed E-state index contributed by atoms with van der Waals surface area (Å²) in [6.07, 6.45) is -3.11. The molecule has 0 aromatic heterocycles. The predicted octanol–water partition coefficient (Wildman–Crippen LogP) is -0.0104. The molecule has 0 saturated heterocycles. The van der Waals surface area contributed by atoms with Crippen molar-refractivity contribution in [3.05, 3.63) is 0 Å². The van der Waals surface area contributed by atoms with Crippen LogP contribution in [0.2, 0.25) is 0 Å². The van der Waals surface area contributed by atoms with Crippen molar-refractivity contribution in [1.29, 1.82) is 0 Å². The number of alkyl halides is 2. The number of hydrogen-bond acceptors (Lipinski definition) is 4. The van der Waals surface area contributed by atoms with Crippen molar-refractivity contribution in [3.63, 3.8) is 0 Å². The van der Waals surface area contributed by atoms with Crippen LogP contribution >= 0.6 is 0 Å². The largest absolute Gasteiger partial charge is 0.390 e. The van der Waals surface area contributed by atoms with Gasteiger partial charge in [0.15, 0.2) is 0 Å². The molecule has 1 saturated carbocycles. The second-order valence-electron chi connectivity index (χ2n) is 3.88. The molecule has 0 aliphatic heterocycles. The van der Waals surface area contributed by atoms with Crippen LogP contribution in [0.1, 0.15) is 6.92 Å². The average molecular weight is 225 g/mol. The van der Waals surface area contributed by atoms with Gasteiger partial charge in [-0.3, -0.25) is 0 Å². The Labute approximate surface area is 87.3 Å². The first-order valence-corrected chi connectivity index (χ1v) is 4.75. The van der Waals surface area contributed by atoms with E-state index in [1.54, 1.807) is 0 Å². The summed E-state index contributed by atoms with van der Waals surface area (Å²) < 4.78 is 37.0. The molecule has 1 aliphatic rings. The zero-order chi connectivity index (χ0) is 11.8. The van der Waals surface area contributed by atoms with E-state index >= 15 is 0 Å². The second-order valence-corrected chi connectivity index (χ2v) is 3.88. The summed E-state index contributed by atoms with van der Waals surface area (Å²) in [6.45, 7) is 1.25. The van der Waals surface area contributed by atoms with Crippen molar-refractivity contribution in [2.75, 3.05) is 14.2 Å². The highest BCUT2D eigenvalue weighted by atomic mass is 19.3. The van der Waals surface area contributed by atoms with Crippen LogP contribution in [0.3, 0.4) is 0 Å². The molecule has 4 nitrogen and oxygen atoms in total. The van der Waals surface area contributed by atoms with Gasteiger partial charge in [0.2, 0.25) is 0 Å². The zero-order valence-corrected chi connectivity index (χ0v) is 8.98. The lowest BCUT2D eigenvalue weighted by Crippen LogP contribution is -2.67. The van der Waals surface area contributed by atoms with E-state index in [2.05, 4.69) is 0 Å². The fourth-order valence-electron chi connectivity index (χ4n) is 1.99. The molecule has 1 rings (SSSR count). The Bertz CT molecular complexity index is 225. The molecule has 0 amide bonds. The Hall–Kier alpha value is -0.300. The molecule has 0 aromatic carbocycles. The molecule has 90 valence electrons. The normalized spacial score (nSPS) is 45.4. The summed E-state index contributed by atoms with van der Waals surface area (Å²) in [7, 11) is 2.61. The third-order valence-electron chi connectivity index (χ3n) is 3.12. The van der Waals surface area contributed by atoms with E-state index in [0.29, 0.717) is 0 Å². The molecule has 1 fully saturated rings. The number of ether oxygens (including phenoxy) is 2. The molecule has 0 aromatic rings. The monoisotopic (exact) mass is 225 g/mol. The number of nitrogens with two attached hydrogens (primary N) is 1. The Morgan fingerprint density at radius 3 is 2.07 bits per heavy atom. The fraction of sp³-hybridized carbons (Fsp3) is 1.00. The number of halogens is 2. The lowest BCUT2D eigenvalue weighted by atomic mass is 9.77. The van der Waals surface area contributed by atoms with E-state index < -0.39 is 36.2 Å². The van der Waals surface area contributed by atoms with Crippen molar-refractivity contribution in [2.24, 2.45) is 11.7 Å². The maximum Gasteiger partial charge on any atom is 0.270 e. The first-order valence-electron chi connectivity index (χ1n) is 4.75. The molecule has 0 bridgehead atoms. The molecule has 1 unspecified atom stereocenters. The highest BCUT2D eigenvalue weighted by molar-refractivity contribution is 5.04. The van der Waals surface area contributed by atoms with Gasteiger partial charge in [0.25, 0.3) is 5.92 Å². The van der Waals surface area contributed by atoms with Gasteiger partial charge in [-0.1, -0.05) is 6.92 Å². The van der Waals surface area contributed by atoms with Gasteiger partial charge in [-0.05, 0) is 0 Å². The molecular formula is C9H17F2NO3. The number of rotatable bonds is 2. The molecular weight excluding hydrogens is 208 g/mol. The Kier molecular flexibility index (Phi) is 3.65. The van der Waals surface area contributed by atoms with Gasteiger partial charge in [-0.2, -0.15) is 0 Å².